The summed E-state index contributed by atoms with van der Waals surface area (Å²) in [6, 6.07) is 4.13. The number of carbonyl (C=O) groups excluding carboxylic acids is 1. The molecule has 1 amide bonds. The highest BCUT2D eigenvalue weighted by Gasteiger charge is 2.41. The first-order valence-electron chi connectivity index (χ1n) is 7.64. The summed E-state index contributed by atoms with van der Waals surface area (Å²) in [5, 5.41) is 0. The summed E-state index contributed by atoms with van der Waals surface area (Å²) < 4.78 is 39.9. The van der Waals surface area contributed by atoms with Crippen molar-refractivity contribution in [3.63, 3.8) is 0 Å². The fraction of sp³-hybridized carbons (Fsp3) is 0.533. The van der Waals surface area contributed by atoms with Crippen LogP contribution in [0.15, 0.2) is 29.2 Å². The zero-order valence-corrected chi connectivity index (χ0v) is 14.3. The molecule has 0 radical (unpaired) electrons. The maximum absolute atomic E-state index is 13.0. The van der Waals surface area contributed by atoms with Gasteiger partial charge in [0.05, 0.1) is 4.90 Å². The highest BCUT2D eigenvalue weighted by molar-refractivity contribution is 7.99. The molecule has 1 aromatic carbocycles. The molecule has 2 fully saturated rings. The number of amides is 1. The van der Waals surface area contributed by atoms with Crippen molar-refractivity contribution in [2.45, 2.75) is 23.8 Å². The Kier molecular flexibility index (Phi) is 4.93. The van der Waals surface area contributed by atoms with Gasteiger partial charge in [0.1, 0.15) is 11.9 Å². The molecular formula is C15H19FN2O3S2. The lowest BCUT2D eigenvalue weighted by atomic mass is 10.2. The van der Waals surface area contributed by atoms with Crippen LogP contribution in [-0.2, 0) is 14.8 Å². The van der Waals surface area contributed by atoms with Crippen LogP contribution in [0.3, 0.4) is 0 Å². The van der Waals surface area contributed by atoms with Crippen LogP contribution in [0.2, 0.25) is 0 Å². The van der Waals surface area contributed by atoms with Crippen molar-refractivity contribution in [3.8, 4) is 0 Å². The number of carbonyl (C=O) groups is 1. The first kappa shape index (κ1) is 16.7. The Morgan fingerprint density at radius 3 is 2.43 bits per heavy atom. The third-order valence-corrected chi connectivity index (χ3v) is 7.10. The molecule has 5 nitrogen and oxygen atoms in total. The van der Waals surface area contributed by atoms with Gasteiger partial charge in [0.25, 0.3) is 0 Å². The van der Waals surface area contributed by atoms with Crippen LogP contribution >= 0.6 is 11.8 Å². The SMILES string of the molecule is O=C([C@H]1CCCN1S(=O)(=O)c1ccc(F)cc1)N1CCSCC1. The van der Waals surface area contributed by atoms with Crippen LogP contribution in [-0.4, -0.2) is 60.7 Å². The molecule has 2 heterocycles. The first-order valence-corrected chi connectivity index (χ1v) is 10.2. The van der Waals surface area contributed by atoms with E-state index in [0.29, 0.717) is 32.5 Å². The summed E-state index contributed by atoms with van der Waals surface area (Å²) in [6.45, 7) is 1.67. The van der Waals surface area contributed by atoms with Gasteiger partial charge in [-0.25, -0.2) is 12.8 Å². The van der Waals surface area contributed by atoms with Crippen molar-refractivity contribution in [3.05, 3.63) is 30.1 Å². The molecule has 0 bridgehead atoms. The number of halogens is 1. The predicted molar refractivity (Wildman–Crippen MR) is 87.2 cm³/mol. The molecule has 0 saturated carbocycles. The normalized spacial score (nSPS) is 23.2. The van der Waals surface area contributed by atoms with Gasteiger partial charge in [0, 0.05) is 31.1 Å². The first-order chi connectivity index (χ1) is 11.0. The summed E-state index contributed by atoms with van der Waals surface area (Å²) >= 11 is 1.80. The second kappa shape index (κ2) is 6.78. The molecule has 0 N–H and O–H groups in total. The van der Waals surface area contributed by atoms with Gasteiger partial charge in [-0.1, -0.05) is 0 Å². The standard InChI is InChI=1S/C15H19FN2O3S2/c16-12-3-5-13(6-4-12)23(20,21)18-7-1-2-14(18)15(19)17-8-10-22-11-9-17/h3-6,14H,1-2,7-11H2/t14-/m1/s1. The number of thioether (sulfide) groups is 1. The van der Waals surface area contributed by atoms with E-state index in [4.69, 9.17) is 0 Å². The van der Waals surface area contributed by atoms with Gasteiger partial charge in [-0.3, -0.25) is 4.79 Å². The quantitative estimate of drug-likeness (QED) is 0.823. The van der Waals surface area contributed by atoms with Gasteiger partial charge in [-0.15, -0.1) is 0 Å². The minimum Gasteiger partial charge on any atom is -0.340 e. The smallest absolute Gasteiger partial charge is 0.243 e. The largest absolute Gasteiger partial charge is 0.340 e. The van der Waals surface area contributed by atoms with Gasteiger partial charge in [-0.2, -0.15) is 16.1 Å². The van der Waals surface area contributed by atoms with E-state index in [2.05, 4.69) is 0 Å². The van der Waals surface area contributed by atoms with Gasteiger partial charge in [-0.05, 0) is 37.1 Å². The van der Waals surface area contributed by atoms with Gasteiger partial charge in [0.15, 0.2) is 0 Å². The molecule has 0 aromatic heterocycles. The van der Waals surface area contributed by atoms with Crippen LogP contribution in [0.5, 0.6) is 0 Å². The number of hydrogen-bond acceptors (Lipinski definition) is 4. The lowest BCUT2D eigenvalue weighted by Crippen LogP contribution is -2.49. The monoisotopic (exact) mass is 358 g/mol. The topological polar surface area (TPSA) is 57.7 Å². The number of sulfonamides is 1. The highest BCUT2D eigenvalue weighted by Crippen LogP contribution is 2.28. The van der Waals surface area contributed by atoms with Crippen molar-refractivity contribution >= 4 is 27.7 Å². The molecule has 2 aliphatic rings. The second-order valence-electron chi connectivity index (χ2n) is 5.67. The van der Waals surface area contributed by atoms with Crippen LogP contribution in [0, 0.1) is 5.82 Å². The van der Waals surface area contributed by atoms with E-state index < -0.39 is 21.9 Å². The molecule has 0 aliphatic carbocycles. The summed E-state index contributed by atoms with van der Waals surface area (Å²) in [5.41, 5.74) is 0. The van der Waals surface area contributed by atoms with Crippen molar-refractivity contribution < 1.29 is 17.6 Å². The fourth-order valence-electron chi connectivity index (χ4n) is 3.01. The molecule has 0 spiro atoms. The average molecular weight is 358 g/mol. The third kappa shape index (κ3) is 3.39. The van der Waals surface area contributed by atoms with Gasteiger partial charge in [0.2, 0.25) is 15.9 Å². The summed E-state index contributed by atoms with van der Waals surface area (Å²) in [6.07, 6.45) is 1.21. The molecular weight excluding hydrogens is 339 g/mol. The van der Waals surface area contributed by atoms with Crippen molar-refractivity contribution in [1.82, 2.24) is 9.21 Å². The van der Waals surface area contributed by atoms with E-state index in [1.165, 1.54) is 16.4 Å². The Bertz CT molecular complexity index is 672. The Hall–Kier alpha value is -1.12. The molecule has 1 aromatic rings. The van der Waals surface area contributed by atoms with Gasteiger partial charge >= 0.3 is 0 Å². The fourth-order valence-corrected chi connectivity index (χ4v) is 5.57. The van der Waals surface area contributed by atoms with Crippen molar-refractivity contribution in [1.29, 1.82) is 0 Å². The Morgan fingerprint density at radius 2 is 1.78 bits per heavy atom. The van der Waals surface area contributed by atoms with E-state index in [1.54, 1.807) is 16.7 Å². The zero-order chi connectivity index (χ0) is 16.4. The Morgan fingerprint density at radius 1 is 1.13 bits per heavy atom. The molecule has 126 valence electrons. The molecule has 2 saturated heterocycles. The second-order valence-corrected chi connectivity index (χ2v) is 8.78. The maximum atomic E-state index is 13.0. The summed E-state index contributed by atoms with van der Waals surface area (Å²) in [7, 11) is -3.77. The molecule has 23 heavy (non-hydrogen) atoms. The Balaban J connectivity index is 1.82. The van der Waals surface area contributed by atoms with Crippen LogP contribution in [0.4, 0.5) is 4.39 Å². The summed E-state index contributed by atoms with van der Waals surface area (Å²) in [4.78, 5) is 14.5. The maximum Gasteiger partial charge on any atom is 0.243 e. The van der Waals surface area contributed by atoms with Crippen LogP contribution in [0.25, 0.3) is 0 Å². The predicted octanol–water partition coefficient (Wildman–Crippen LogP) is 1.55. The zero-order valence-electron chi connectivity index (χ0n) is 12.7. The lowest BCUT2D eigenvalue weighted by Gasteiger charge is -2.32. The molecule has 0 unspecified atom stereocenters. The number of rotatable bonds is 3. The molecule has 8 heteroatoms. The van der Waals surface area contributed by atoms with Crippen LogP contribution in [0.1, 0.15) is 12.8 Å². The average Bonchev–Trinajstić information content (AvgIpc) is 3.06. The number of benzene rings is 1. The Labute approximate surface area is 139 Å². The van der Waals surface area contributed by atoms with E-state index in [1.807, 2.05) is 0 Å². The molecule has 1 atom stereocenters. The van der Waals surface area contributed by atoms with Crippen LogP contribution < -0.4 is 0 Å². The number of nitrogens with zero attached hydrogens (tertiary/aromatic N) is 2. The summed E-state index contributed by atoms with van der Waals surface area (Å²) in [5.74, 6) is 1.20. The minimum absolute atomic E-state index is 0.0350. The van der Waals surface area contributed by atoms with Crippen molar-refractivity contribution in [2.24, 2.45) is 0 Å². The van der Waals surface area contributed by atoms with Gasteiger partial charge < -0.3 is 4.90 Å². The lowest BCUT2D eigenvalue weighted by molar-refractivity contribution is -0.134. The number of hydrogen-bond donors (Lipinski definition) is 0. The highest BCUT2D eigenvalue weighted by atomic mass is 32.2. The minimum atomic E-state index is -3.77. The van der Waals surface area contributed by atoms with E-state index in [-0.39, 0.29) is 10.8 Å². The molecule has 2 aliphatic heterocycles. The third-order valence-electron chi connectivity index (χ3n) is 4.23. The van der Waals surface area contributed by atoms with E-state index >= 15 is 0 Å². The van der Waals surface area contributed by atoms with Crippen molar-refractivity contribution in [2.75, 3.05) is 31.1 Å². The van der Waals surface area contributed by atoms with E-state index in [0.717, 1.165) is 23.6 Å². The molecule has 3 rings (SSSR count). The van der Waals surface area contributed by atoms with E-state index in [9.17, 15) is 17.6 Å².